The first kappa shape index (κ1) is 7.15. The number of aromatic amines is 1. The Hall–Kier alpha value is -0.960. The summed E-state index contributed by atoms with van der Waals surface area (Å²) in [6.07, 6.45) is 1.39. The van der Waals surface area contributed by atoms with Crippen LogP contribution in [0.15, 0.2) is 17.1 Å². The fourth-order valence-electron chi connectivity index (χ4n) is 0.553. The van der Waals surface area contributed by atoms with E-state index < -0.39 is 0 Å². The summed E-state index contributed by atoms with van der Waals surface area (Å²) in [5.74, 6) is 0.411. The summed E-state index contributed by atoms with van der Waals surface area (Å²) in [5.41, 5.74) is -0.239. The molecule has 0 aliphatic rings. The molecule has 1 aromatic heterocycles. The van der Waals surface area contributed by atoms with Crippen LogP contribution in [0.2, 0.25) is 5.02 Å². The second-order valence-corrected chi connectivity index (χ2v) is 2.12. The van der Waals surface area contributed by atoms with Crippen molar-refractivity contribution < 1.29 is 4.74 Å². The van der Waals surface area contributed by atoms with Gasteiger partial charge in [-0.1, -0.05) is 11.6 Å². The molecule has 0 spiro atoms. The molecule has 0 amide bonds. The first-order chi connectivity index (χ1) is 4.74. The number of hydrogen-bond donors (Lipinski definition) is 1. The van der Waals surface area contributed by atoms with Crippen molar-refractivity contribution in [2.45, 2.75) is 0 Å². The number of aromatic nitrogens is 1. The summed E-state index contributed by atoms with van der Waals surface area (Å²) >= 11 is 5.44. The molecule has 3 nitrogen and oxygen atoms in total. The maximum Gasteiger partial charge on any atom is 0.203 e. The van der Waals surface area contributed by atoms with Crippen LogP contribution in [0.25, 0.3) is 0 Å². The number of ether oxygens (including phenoxy) is 1. The normalized spacial score (nSPS) is 9.40. The highest BCUT2D eigenvalue weighted by Gasteiger charge is 1.95. The van der Waals surface area contributed by atoms with Crippen molar-refractivity contribution in [1.29, 1.82) is 0 Å². The second-order valence-electron chi connectivity index (χ2n) is 1.71. The molecular weight excluding hydrogens is 154 g/mol. The van der Waals surface area contributed by atoms with Gasteiger partial charge in [-0.25, -0.2) is 0 Å². The third-order valence-corrected chi connectivity index (χ3v) is 1.35. The summed E-state index contributed by atoms with van der Waals surface area (Å²) in [6.45, 7) is 0. The fraction of sp³-hybridized carbons (Fsp3) is 0.167. The Kier molecular flexibility index (Phi) is 1.97. The highest BCUT2D eigenvalue weighted by atomic mass is 35.5. The Balaban J connectivity index is 3.17. The zero-order valence-corrected chi connectivity index (χ0v) is 6.11. The topological polar surface area (TPSA) is 42.1 Å². The van der Waals surface area contributed by atoms with E-state index in [1.54, 1.807) is 0 Å². The lowest BCUT2D eigenvalue weighted by Crippen LogP contribution is -2.01. The van der Waals surface area contributed by atoms with Crippen LogP contribution in [-0.4, -0.2) is 12.1 Å². The van der Waals surface area contributed by atoms with Crippen LogP contribution < -0.4 is 10.2 Å². The third-order valence-electron chi connectivity index (χ3n) is 1.06. The zero-order chi connectivity index (χ0) is 7.56. The van der Waals surface area contributed by atoms with Crippen molar-refractivity contribution in [3.63, 3.8) is 0 Å². The van der Waals surface area contributed by atoms with E-state index in [1.807, 2.05) is 0 Å². The van der Waals surface area contributed by atoms with E-state index in [4.69, 9.17) is 16.3 Å². The number of hydrogen-bond acceptors (Lipinski definition) is 2. The molecule has 0 bridgehead atoms. The van der Waals surface area contributed by atoms with Gasteiger partial charge in [-0.15, -0.1) is 0 Å². The number of methoxy groups -OCH3 is 1. The highest BCUT2D eigenvalue weighted by molar-refractivity contribution is 6.30. The molecule has 1 aromatic rings. The molecule has 0 atom stereocenters. The van der Waals surface area contributed by atoms with Crippen LogP contribution in [0.1, 0.15) is 0 Å². The van der Waals surface area contributed by atoms with Crippen LogP contribution in [0, 0.1) is 0 Å². The van der Waals surface area contributed by atoms with E-state index in [0.29, 0.717) is 5.88 Å². The van der Waals surface area contributed by atoms with Crippen molar-refractivity contribution in [2.75, 3.05) is 7.11 Å². The summed E-state index contributed by atoms with van der Waals surface area (Å²) in [5, 5.41) is 0.167. The molecular formula is C6H6ClNO2. The first-order valence-electron chi connectivity index (χ1n) is 2.66. The first-order valence-corrected chi connectivity index (χ1v) is 3.04. The van der Waals surface area contributed by atoms with Crippen molar-refractivity contribution in [1.82, 2.24) is 4.98 Å². The van der Waals surface area contributed by atoms with Gasteiger partial charge in [-0.3, -0.25) is 4.79 Å². The van der Waals surface area contributed by atoms with Crippen molar-refractivity contribution >= 4 is 11.6 Å². The quantitative estimate of drug-likeness (QED) is 0.665. The predicted molar refractivity (Wildman–Crippen MR) is 38.6 cm³/mol. The second kappa shape index (κ2) is 2.75. The van der Waals surface area contributed by atoms with E-state index in [-0.39, 0.29) is 10.5 Å². The van der Waals surface area contributed by atoms with Gasteiger partial charge in [0.25, 0.3) is 0 Å². The average Bonchev–Trinajstić information content (AvgIpc) is 1.95. The summed E-state index contributed by atoms with van der Waals surface area (Å²) in [6, 6.07) is 1.29. The molecule has 1 heterocycles. The SMILES string of the molecule is COc1cc(=O)c(Cl)c[nH]1. The maximum atomic E-state index is 10.8. The average molecular weight is 160 g/mol. The lowest BCUT2D eigenvalue weighted by molar-refractivity contribution is 0.397. The van der Waals surface area contributed by atoms with Crippen LogP contribution in [0.4, 0.5) is 0 Å². The van der Waals surface area contributed by atoms with Crippen LogP contribution >= 0.6 is 11.6 Å². The lowest BCUT2D eigenvalue weighted by atomic mass is 10.5. The molecule has 0 aliphatic heterocycles. The van der Waals surface area contributed by atoms with Crippen molar-refractivity contribution in [3.05, 3.63) is 27.5 Å². The molecule has 10 heavy (non-hydrogen) atoms. The molecule has 0 aromatic carbocycles. The largest absolute Gasteiger partial charge is 0.482 e. The third kappa shape index (κ3) is 1.30. The maximum absolute atomic E-state index is 10.8. The molecule has 0 radical (unpaired) electrons. The summed E-state index contributed by atoms with van der Waals surface area (Å²) in [4.78, 5) is 13.4. The van der Waals surface area contributed by atoms with Crippen LogP contribution in [0.3, 0.4) is 0 Å². The van der Waals surface area contributed by atoms with Crippen LogP contribution in [-0.2, 0) is 0 Å². The molecule has 54 valence electrons. The monoisotopic (exact) mass is 159 g/mol. The number of rotatable bonds is 1. The molecule has 0 fully saturated rings. The molecule has 4 heteroatoms. The molecule has 0 saturated heterocycles. The summed E-state index contributed by atoms with van der Waals surface area (Å²) in [7, 11) is 1.47. The Morgan fingerprint density at radius 2 is 2.40 bits per heavy atom. The van der Waals surface area contributed by atoms with E-state index >= 15 is 0 Å². The highest BCUT2D eigenvalue weighted by Crippen LogP contribution is 2.04. The van der Waals surface area contributed by atoms with Crippen LogP contribution in [0.5, 0.6) is 5.88 Å². The Morgan fingerprint density at radius 3 is 2.90 bits per heavy atom. The Bertz CT molecular complexity index is 281. The number of halogens is 1. The minimum absolute atomic E-state index is 0.167. The lowest BCUT2D eigenvalue weighted by Gasteiger charge is -1.96. The fourth-order valence-corrected chi connectivity index (χ4v) is 0.662. The van der Waals surface area contributed by atoms with E-state index in [2.05, 4.69) is 4.98 Å². The predicted octanol–water partition coefficient (Wildman–Crippen LogP) is 1.04. The molecule has 1 N–H and O–H groups in total. The van der Waals surface area contributed by atoms with Gasteiger partial charge in [-0.05, 0) is 0 Å². The number of H-pyrrole nitrogens is 1. The van der Waals surface area contributed by atoms with Gasteiger partial charge in [0, 0.05) is 12.3 Å². The van der Waals surface area contributed by atoms with Gasteiger partial charge in [0.05, 0.1) is 7.11 Å². The standard InChI is InChI=1S/C6H6ClNO2/c1-10-6-2-5(9)4(7)3-8-6/h2-3H,1H3,(H,8,9). The van der Waals surface area contributed by atoms with Gasteiger partial charge < -0.3 is 9.72 Å². The Morgan fingerprint density at radius 1 is 1.70 bits per heavy atom. The van der Waals surface area contributed by atoms with E-state index in [0.717, 1.165) is 0 Å². The minimum Gasteiger partial charge on any atom is -0.482 e. The molecule has 1 rings (SSSR count). The zero-order valence-electron chi connectivity index (χ0n) is 5.35. The van der Waals surface area contributed by atoms with Crippen molar-refractivity contribution in [2.24, 2.45) is 0 Å². The Labute approximate surface area is 62.6 Å². The van der Waals surface area contributed by atoms with E-state index in [1.165, 1.54) is 19.4 Å². The van der Waals surface area contributed by atoms with Gasteiger partial charge in [0.1, 0.15) is 5.02 Å². The number of nitrogens with one attached hydrogen (secondary N) is 1. The van der Waals surface area contributed by atoms with E-state index in [9.17, 15) is 4.79 Å². The number of pyridine rings is 1. The van der Waals surface area contributed by atoms with Crippen molar-refractivity contribution in [3.8, 4) is 5.88 Å². The molecule has 0 saturated carbocycles. The van der Waals surface area contributed by atoms with Gasteiger partial charge >= 0.3 is 0 Å². The van der Waals surface area contributed by atoms with Gasteiger partial charge in [0.15, 0.2) is 5.88 Å². The minimum atomic E-state index is -0.239. The summed E-state index contributed by atoms with van der Waals surface area (Å²) < 4.78 is 4.74. The molecule has 0 unspecified atom stereocenters. The van der Waals surface area contributed by atoms with Gasteiger partial charge in [0.2, 0.25) is 5.43 Å². The smallest absolute Gasteiger partial charge is 0.203 e. The molecule has 0 aliphatic carbocycles. The van der Waals surface area contributed by atoms with Gasteiger partial charge in [-0.2, -0.15) is 0 Å².